The molecule has 0 spiro atoms. The summed E-state index contributed by atoms with van der Waals surface area (Å²) in [5.74, 6) is -2.25. The Morgan fingerprint density at radius 1 is 1.36 bits per heavy atom. The molecule has 0 bridgehead atoms. The minimum absolute atomic E-state index is 0.355. The van der Waals surface area contributed by atoms with Crippen molar-refractivity contribution >= 4 is 28.8 Å². The van der Waals surface area contributed by atoms with Crippen LogP contribution in [0.4, 0.5) is 4.79 Å². The monoisotopic (exact) mass is 341 g/mol. The van der Waals surface area contributed by atoms with Crippen LogP contribution in [0.2, 0.25) is 0 Å². The van der Waals surface area contributed by atoms with Gasteiger partial charge in [-0.05, 0) is 30.9 Å². The molecule has 2 heterocycles. The van der Waals surface area contributed by atoms with Gasteiger partial charge in [-0.1, -0.05) is 18.2 Å². The van der Waals surface area contributed by atoms with E-state index in [-0.39, 0.29) is 5.92 Å². The van der Waals surface area contributed by atoms with Gasteiger partial charge in [-0.2, -0.15) is 0 Å². The highest BCUT2D eigenvalue weighted by Crippen LogP contribution is 2.49. The molecule has 25 heavy (non-hydrogen) atoms. The third kappa shape index (κ3) is 2.38. The lowest BCUT2D eigenvalue weighted by molar-refractivity contribution is -0.139. The molecule has 3 N–H and O–H groups in total. The Bertz CT molecular complexity index is 903. The van der Waals surface area contributed by atoms with Crippen molar-refractivity contribution < 1.29 is 19.5 Å². The zero-order chi connectivity index (χ0) is 17.8. The Balaban J connectivity index is 1.63. The van der Waals surface area contributed by atoms with Crippen LogP contribution >= 0.6 is 0 Å². The predicted molar refractivity (Wildman–Crippen MR) is 89.9 cm³/mol. The van der Waals surface area contributed by atoms with Crippen LogP contribution in [0, 0.1) is 11.8 Å². The highest BCUT2D eigenvalue weighted by molar-refractivity contribution is 6.08. The SMILES string of the molecule is Cn1cc(CCC2(C3CC3C(=O)O)NC(=O)NC2=O)c2ccccc21. The second-order valence-electron chi connectivity index (χ2n) is 6.95. The molecule has 3 atom stereocenters. The van der Waals surface area contributed by atoms with Crippen molar-refractivity contribution in [2.24, 2.45) is 18.9 Å². The fourth-order valence-electron chi connectivity index (χ4n) is 4.10. The van der Waals surface area contributed by atoms with Gasteiger partial charge in [-0.15, -0.1) is 0 Å². The lowest BCUT2D eigenvalue weighted by Crippen LogP contribution is -2.50. The summed E-state index contributed by atoms with van der Waals surface area (Å²) in [6.07, 6.45) is 3.40. The van der Waals surface area contributed by atoms with Gasteiger partial charge in [0.15, 0.2) is 0 Å². The molecule has 1 aromatic heterocycles. The molecule has 130 valence electrons. The topological polar surface area (TPSA) is 100 Å². The van der Waals surface area contributed by atoms with Crippen molar-refractivity contribution in [3.05, 3.63) is 36.0 Å². The largest absolute Gasteiger partial charge is 0.481 e. The molecular weight excluding hydrogens is 322 g/mol. The molecule has 3 amide bonds. The maximum atomic E-state index is 12.5. The Morgan fingerprint density at radius 3 is 2.76 bits per heavy atom. The van der Waals surface area contributed by atoms with Crippen molar-refractivity contribution in [1.82, 2.24) is 15.2 Å². The summed E-state index contributed by atoms with van der Waals surface area (Å²) in [4.78, 5) is 35.4. The Hall–Kier alpha value is -2.83. The highest BCUT2D eigenvalue weighted by atomic mass is 16.4. The van der Waals surface area contributed by atoms with Gasteiger partial charge < -0.3 is 15.0 Å². The van der Waals surface area contributed by atoms with Crippen LogP contribution in [-0.2, 0) is 23.1 Å². The van der Waals surface area contributed by atoms with E-state index in [1.54, 1.807) is 0 Å². The zero-order valence-corrected chi connectivity index (χ0v) is 13.8. The number of amides is 3. The van der Waals surface area contributed by atoms with Crippen LogP contribution in [0.5, 0.6) is 0 Å². The lowest BCUT2D eigenvalue weighted by Gasteiger charge is -2.26. The molecule has 1 aliphatic carbocycles. The number of para-hydroxylation sites is 1. The molecule has 2 aromatic rings. The van der Waals surface area contributed by atoms with Crippen molar-refractivity contribution in [2.45, 2.75) is 24.8 Å². The second-order valence-corrected chi connectivity index (χ2v) is 6.95. The molecule has 7 nitrogen and oxygen atoms in total. The number of carboxylic acids is 1. The van der Waals surface area contributed by atoms with Gasteiger partial charge in [0.25, 0.3) is 5.91 Å². The zero-order valence-electron chi connectivity index (χ0n) is 13.8. The number of carbonyl (C=O) groups is 3. The molecule has 2 fully saturated rings. The molecule has 3 unspecified atom stereocenters. The number of urea groups is 1. The highest BCUT2D eigenvalue weighted by Gasteiger charge is 2.62. The quantitative estimate of drug-likeness (QED) is 0.716. The first kappa shape index (κ1) is 15.7. The first-order valence-electron chi connectivity index (χ1n) is 8.32. The van der Waals surface area contributed by atoms with Gasteiger partial charge >= 0.3 is 12.0 Å². The van der Waals surface area contributed by atoms with E-state index in [9.17, 15) is 19.5 Å². The number of hydrogen-bond acceptors (Lipinski definition) is 3. The number of nitrogens with zero attached hydrogens (tertiary/aromatic N) is 1. The Labute approximate surface area is 144 Å². The van der Waals surface area contributed by atoms with Crippen LogP contribution < -0.4 is 10.6 Å². The Kier molecular flexibility index (Phi) is 3.35. The van der Waals surface area contributed by atoms with Crippen LogP contribution in [0.15, 0.2) is 30.5 Å². The fraction of sp³-hybridized carbons (Fsp3) is 0.389. The average molecular weight is 341 g/mol. The van der Waals surface area contributed by atoms with Gasteiger partial charge in [-0.25, -0.2) is 4.79 Å². The number of nitrogens with one attached hydrogen (secondary N) is 2. The minimum Gasteiger partial charge on any atom is -0.481 e. The number of imide groups is 1. The number of aliphatic carboxylic acids is 1. The van der Waals surface area contributed by atoms with Gasteiger partial charge in [0, 0.05) is 30.1 Å². The number of benzene rings is 1. The van der Waals surface area contributed by atoms with E-state index < -0.39 is 29.4 Å². The summed E-state index contributed by atoms with van der Waals surface area (Å²) in [5.41, 5.74) is 1.05. The second kappa shape index (κ2) is 5.34. The molecule has 1 saturated carbocycles. The fourth-order valence-corrected chi connectivity index (χ4v) is 4.10. The van der Waals surface area contributed by atoms with Crippen LogP contribution in [0.25, 0.3) is 10.9 Å². The normalized spacial score (nSPS) is 28.0. The first-order valence-corrected chi connectivity index (χ1v) is 8.32. The lowest BCUT2D eigenvalue weighted by atomic mass is 9.85. The molecule has 1 aromatic carbocycles. The minimum atomic E-state index is -1.13. The van der Waals surface area contributed by atoms with Crippen LogP contribution in [0.3, 0.4) is 0 Å². The van der Waals surface area contributed by atoms with E-state index in [1.807, 2.05) is 42.1 Å². The number of carbonyl (C=O) groups excluding carboxylic acids is 2. The molecule has 4 rings (SSSR count). The third-order valence-electron chi connectivity index (χ3n) is 5.48. The van der Waals surface area contributed by atoms with E-state index in [2.05, 4.69) is 10.6 Å². The van der Waals surface area contributed by atoms with Crippen molar-refractivity contribution in [1.29, 1.82) is 0 Å². The summed E-state index contributed by atoms with van der Waals surface area (Å²) in [6.45, 7) is 0. The number of fused-ring (bicyclic) bond motifs is 1. The number of rotatable bonds is 5. The summed E-state index contributed by atoms with van der Waals surface area (Å²) in [6, 6.07) is 7.45. The predicted octanol–water partition coefficient (Wildman–Crippen LogP) is 1.41. The maximum Gasteiger partial charge on any atom is 0.322 e. The van der Waals surface area contributed by atoms with E-state index in [0.717, 1.165) is 16.5 Å². The smallest absolute Gasteiger partial charge is 0.322 e. The summed E-state index contributed by atoms with van der Waals surface area (Å²) in [5, 5.41) is 15.3. The van der Waals surface area contributed by atoms with Crippen molar-refractivity contribution in [2.75, 3.05) is 0 Å². The van der Waals surface area contributed by atoms with E-state index >= 15 is 0 Å². The number of hydrogen-bond donors (Lipinski definition) is 3. The molecule has 0 radical (unpaired) electrons. The maximum absolute atomic E-state index is 12.5. The molecular formula is C18H19N3O4. The first-order chi connectivity index (χ1) is 11.9. The average Bonchev–Trinajstić information content (AvgIpc) is 3.25. The van der Waals surface area contributed by atoms with Crippen molar-refractivity contribution in [3.63, 3.8) is 0 Å². The van der Waals surface area contributed by atoms with Gasteiger partial charge in [0.2, 0.25) is 0 Å². The standard InChI is InChI=1S/C18H19N3O4/c1-21-9-10(11-4-2-3-5-14(11)21)6-7-18(13-8-12(13)15(22)23)16(24)19-17(25)20-18/h2-5,9,12-13H,6-8H2,1H3,(H,22,23)(H2,19,20,24,25). The summed E-state index contributed by atoms with van der Waals surface area (Å²) < 4.78 is 2.03. The van der Waals surface area contributed by atoms with Gasteiger partial charge in [-0.3, -0.25) is 14.9 Å². The molecule has 1 saturated heterocycles. The van der Waals surface area contributed by atoms with E-state index in [1.165, 1.54) is 0 Å². The number of aromatic nitrogens is 1. The molecule has 2 aliphatic rings. The molecule has 1 aliphatic heterocycles. The van der Waals surface area contributed by atoms with Crippen LogP contribution in [-0.4, -0.2) is 33.1 Å². The van der Waals surface area contributed by atoms with Crippen LogP contribution in [0.1, 0.15) is 18.4 Å². The van der Waals surface area contributed by atoms with Gasteiger partial charge in [0.05, 0.1) is 5.92 Å². The van der Waals surface area contributed by atoms with Gasteiger partial charge in [0.1, 0.15) is 5.54 Å². The number of aryl methyl sites for hydroxylation is 2. The number of carboxylic acid groups (broad SMARTS) is 1. The molecule has 7 heteroatoms. The summed E-state index contributed by atoms with van der Waals surface area (Å²) in [7, 11) is 1.97. The van der Waals surface area contributed by atoms with Crippen molar-refractivity contribution in [3.8, 4) is 0 Å². The van der Waals surface area contributed by atoms with E-state index in [4.69, 9.17) is 0 Å². The summed E-state index contributed by atoms with van der Waals surface area (Å²) >= 11 is 0. The third-order valence-corrected chi connectivity index (χ3v) is 5.48. The van der Waals surface area contributed by atoms with E-state index in [0.29, 0.717) is 19.3 Å². The Morgan fingerprint density at radius 2 is 2.12 bits per heavy atom.